The summed E-state index contributed by atoms with van der Waals surface area (Å²) >= 11 is 5.92. The van der Waals surface area contributed by atoms with Gasteiger partial charge in [0.25, 0.3) is 5.69 Å². The predicted molar refractivity (Wildman–Crippen MR) is 73.4 cm³/mol. The molecule has 0 spiro atoms. The molecule has 0 bridgehead atoms. The monoisotopic (exact) mass is 290 g/mol. The molecule has 2 aromatic heterocycles. The molecule has 2 heterocycles. The van der Waals surface area contributed by atoms with Crippen LogP contribution >= 0.6 is 11.6 Å². The number of halogens is 1. The molecule has 1 N–H and O–H groups in total. The average molecular weight is 291 g/mol. The summed E-state index contributed by atoms with van der Waals surface area (Å²) in [6, 6.07) is 7.66. The highest BCUT2D eigenvalue weighted by Gasteiger charge is 2.12. The minimum absolute atomic E-state index is 0.139. The minimum Gasteiger partial charge on any atom is -0.305 e. The van der Waals surface area contributed by atoms with Crippen LogP contribution in [0.2, 0.25) is 5.02 Å². The Balaban J connectivity index is 2.23. The molecule has 0 aliphatic heterocycles. The highest BCUT2D eigenvalue weighted by atomic mass is 35.5. The van der Waals surface area contributed by atoms with Gasteiger partial charge in [-0.1, -0.05) is 11.6 Å². The number of nitrogens with one attached hydrogen (secondary N) is 1. The van der Waals surface area contributed by atoms with Crippen LogP contribution in [0.5, 0.6) is 0 Å². The van der Waals surface area contributed by atoms with Gasteiger partial charge in [-0.15, -0.1) is 0 Å². The van der Waals surface area contributed by atoms with Gasteiger partial charge in [0.15, 0.2) is 0 Å². The van der Waals surface area contributed by atoms with Crippen molar-refractivity contribution in [2.24, 2.45) is 0 Å². The van der Waals surface area contributed by atoms with Crippen LogP contribution in [-0.4, -0.2) is 19.5 Å². The van der Waals surface area contributed by atoms with Gasteiger partial charge in [0, 0.05) is 11.1 Å². The number of aromatic nitrogens is 3. The van der Waals surface area contributed by atoms with Crippen molar-refractivity contribution in [3.8, 4) is 5.82 Å². The largest absolute Gasteiger partial charge is 0.332 e. The first-order valence-electron chi connectivity index (χ1n) is 5.57. The van der Waals surface area contributed by atoms with E-state index in [4.69, 9.17) is 11.6 Å². The molecule has 8 heteroatoms. The van der Waals surface area contributed by atoms with Crippen LogP contribution in [0.25, 0.3) is 16.9 Å². The molecule has 0 saturated carbocycles. The van der Waals surface area contributed by atoms with Gasteiger partial charge in [-0.25, -0.2) is 14.3 Å². The summed E-state index contributed by atoms with van der Waals surface area (Å²) < 4.78 is 1.31. The molecular weight excluding hydrogens is 284 g/mol. The van der Waals surface area contributed by atoms with Gasteiger partial charge in [0.1, 0.15) is 12.0 Å². The van der Waals surface area contributed by atoms with E-state index in [1.165, 1.54) is 16.7 Å². The van der Waals surface area contributed by atoms with E-state index < -0.39 is 4.92 Å². The van der Waals surface area contributed by atoms with Crippen molar-refractivity contribution in [1.29, 1.82) is 0 Å². The second-order valence-electron chi connectivity index (χ2n) is 4.06. The zero-order valence-electron chi connectivity index (χ0n) is 9.91. The van der Waals surface area contributed by atoms with E-state index in [0.717, 1.165) is 6.20 Å². The van der Waals surface area contributed by atoms with E-state index in [9.17, 15) is 14.9 Å². The van der Waals surface area contributed by atoms with E-state index in [1.807, 2.05) is 0 Å². The quantitative estimate of drug-likeness (QED) is 0.578. The molecule has 0 amide bonds. The van der Waals surface area contributed by atoms with Gasteiger partial charge in [-0.05, 0) is 24.3 Å². The van der Waals surface area contributed by atoms with Crippen LogP contribution in [-0.2, 0) is 0 Å². The average Bonchev–Trinajstić information content (AvgIpc) is 2.74. The zero-order valence-corrected chi connectivity index (χ0v) is 10.7. The number of fused-ring (bicyclic) bond motifs is 1. The molecule has 100 valence electrons. The Morgan fingerprint density at radius 1 is 1.30 bits per heavy atom. The predicted octanol–water partition coefficient (Wildman–Crippen LogP) is 2.28. The van der Waals surface area contributed by atoms with Crippen LogP contribution in [0.4, 0.5) is 5.69 Å². The van der Waals surface area contributed by atoms with Gasteiger partial charge in [-0.2, -0.15) is 0 Å². The van der Waals surface area contributed by atoms with E-state index in [1.54, 1.807) is 18.2 Å². The number of aromatic amines is 1. The van der Waals surface area contributed by atoms with Gasteiger partial charge >= 0.3 is 5.69 Å². The number of rotatable bonds is 2. The lowest BCUT2D eigenvalue weighted by molar-refractivity contribution is -0.385. The van der Waals surface area contributed by atoms with Gasteiger partial charge in [-0.3, -0.25) is 10.1 Å². The smallest absolute Gasteiger partial charge is 0.305 e. The van der Waals surface area contributed by atoms with Crippen molar-refractivity contribution in [3.63, 3.8) is 0 Å². The summed E-state index contributed by atoms with van der Waals surface area (Å²) in [6.45, 7) is 0. The van der Waals surface area contributed by atoms with Crippen molar-refractivity contribution in [2.75, 3.05) is 0 Å². The van der Waals surface area contributed by atoms with Crippen LogP contribution in [0.15, 0.2) is 41.3 Å². The molecule has 0 fully saturated rings. The number of pyridine rings is 1. The molecule has 0 atom stereocenters. The topological polar surface area (TPSA) is 93.8 Å². The Hall–Kier alpha value is -2.67. The summed E-state index contributed by atoms with van der Waals surface area (Å²) in [7, 11) is 0. The second-order valence-corrected chi connectivity index (χ2v) is 4.50. The van der Waals surface area contributed by atoms with E-state index in [-0.39, 0.29) is 17.2 Å². The molecule has 0 aliphatic rings. The molecule has 3 aromatic rings. The normalized spacial score (nSPS) is 10.8. The highest BCUT2D eigenvalue weighted by Crippen LogP contribution is 2.19. The highest BCUT2D eigenvalue weighted by molar-refractivity contribution is 6.31. The number of benzene rings is 1. The first-order chi connectivity index (χ1) is 9.56. The number of nitro groups is 1. The lowest BCUT2D eigenvalue weighted by atomic mass is 10.3. The Morgan fingerprint density at radius 2 is 2.10 bits per heavy atom. The Labute approximate surface area is 116 Å². The minimum atomic E-state index is -0.550. The summed E-state index contributed by atoms with van der Waals surface area (Å²) in [5, 5.41) is 11.1. The van der Waals surface area contributed by atoms with Crippen molar-refractivity contribution < 1.29 is 4.92 Å². The second kappa shape index (κ2) is 4.46. The van der Waals surface area contributed by atoms with Crippen LogP contribution in [0, 0.1) is 10.1 Å². The Bertz CT molecular complexity index is 867. The lowest BCUT2D eigenvalue weighted by Crippen LogP contribution is -2.15. The van der Waals surface area contributed by atoms with E-state index in [2.05, 4.69) is 9.97 Å². The van der Waals surface area contributed by atoms with Gasteiger partial charge in [0.05, 0.1) is 16.0 Å². The molecule has 3 rings (SSSR count). The molecule has 0 aliphatic carbocycles. The lowest BCUT2D eigenvalue weighted by Gasteiger charge is -2.02. The first-order valence-corrected chi connectivity index (χ1v) is 5.95. The van der Waals surface area contributed by atoms with E-state index >= 15 is 0 Å². The maximum absolute atomic E-state index is 12.0. The number of hydrogen-bond donors (Lipinski definition) is 1. The van der Waals surface area contributed by atoms with Gasteiger partial charge in [0.2, 0.25) is 0 Å². The van der Waals surface area contributed by atoms with Gasteiger partial charge < -0.3 is 4.98 Å². The van der Waals surface area contributed by atoms with Crippen LogP contribution in [0.3, 0.4) is 0 Å². The molecule has 20 heavy (non-hydrogen) atoms. The fourth-order valence-corrected chi connectivity index (χ4v) is 2.09. The summed E-state index contributed by atoms with van der Waals surface area (Å²) in [4.78, 5) is 28.6. The molecule has 0 saturated heterocycles. The van der Waals surface area contributed by atoms with Crippen molar-refractivity contribution in [3.05, 3.63) is 62.1 Å². The van der Waals surface area contributed by atoms with E-state index in [0.29, 0.717) is 16.1 Å². The van der Waals surface area contributed by atoms with Crippen molar-refractivity contribution in [1.82, 2.24) is 14.5 Å². The number of imidazole rings is 1. The molecule has 7 nitrogen and oxygen atoms in total. The maximum atomic E-state index is 12.0. The number of H-pyrrole nitrogens is 1. The fourth-order valence-electron chi connectivity index (χ4n) is 1.92. The molecule has 0 unspecified atom stereocenters. The first kappa shape index (κ1) is 12.4. The third-order valence-electron chi connectivity index (χ3n) is 2.82. The zero-order chi connectivity index (χ0) is 14.3. The Kier molecular flexibility index (Phi) is 2.76. The van der Waals surface area contributed by atoms with Crippen molar-refractivity contribution >= 4 is 28.3 Å². The maximum Gasteiger partial charge on any atom is 0.332 e. The standard InChI is InChI=1S/C12H7ClN4O3/c13-7-1-3-9-10(5-7)16(12(18)15-9)11-4-2-8(6-14-11)17(19)20/h1-6H,(H,15,18). The Morgan fingerprint density at radius 3 is 2.75 bits per heavy atom. The fraction of sp³-hybridized carbons (Fsp3) is 0. The third kappa shape index (κ3) is 1.94. The van der Waals surface area contributed by atoms with Crippen molar-refractivity contribution in [2.45, 2.75) is 0 Å². The third-order valence-corrected chi connectivity index (χ3v) is 3.05. The van der Waals surface area contributed by atoms with Crippen LogP contribution in [0.1, 0.15) is 0 Å². The molecular formula is C12H7ClN4O3. The van der Waals surface area contributed by atoms with Crippen LogP contribution < -0.4 is 5.69 Å². The molecule has 0 radical (unpaired) electrons. The number of nitrogens with zero attached hydrogens (tertiary/aromatic N) is 3. The number of hydrogen-bond acceptors (Lipinski definition) is 4. The molecule has 1 aromatic carbocycles. The summed E-state index contributed by atoms with van der Waals surface area (Å²) in [5.41, 5.74) is 0.645. The SMILES string of the molecule is O=c1[nH]c2ccc(Cl)cc2n1-c1ccc([N+](=O)[O-])cn1. The summed E-state index contributed by atoms with van der Waals surface area (Å²) in [5.74, 6) is 0.286. The summed E-state index contributed by atoms with van der Waals surface area (Å²) in [6.07, 6.45) is 1.10.